The summed E-state index contributed by atoms with van der Waals surface area (Å²) in [4.78, 5) is 16.9. The van der Waals surface area contributed by atoms with Crippen molar-refractivity contribution in [3.8, 4) is 0 Å². The zero-order valence-corrected chi connectivity index (χ0v) is 12.6. The van der Waals surface area contributed by atoms with Crippen molar-refractivity contribution in [1.29, 1.82) is 0 Å². The van der Waals surface area contributed by atoms with Crippen molar-refractivity contribution < 1.29 is 9.53 Å². The number of hydrogen-bond acceptors (Lipinski definition) is 3. The molecule has 1 amide bonds. The molecule has 2 aromatic heterocycles. The second-order valence-corrected chi connectivity index (χ2v) is 5.43. The normalized spacial score (nSPS) is 11.5. The number of aromatic nitrogens is 3. The van der Waals surface area contributed by atoms with Crippen LogP contribution in [0, 0.1) is 0 Å². The van der Waals surface area contributed by atoms with Gasteiger partial charge in [0.1, 0.15) is 0 Å². The highest BCUT2D eigenvalue weighted by Gasteiger charge is 2.12. The van der Waals surface area contributed by atoms with Gasteiger partial charge >= 0.3 is 0 Å². The van der Waals surface area contributed by atoms with Crippen LogP contribution in [0.15, 0.2) is 36.5 Å². The number of methoxy groups -OCH3 is 1. The van der Waals surface area contributed by atoms with E-state index in [0.29, 0.717) is 18.7 Å². The zero-order valence-electron chi connectivity index (χ0n) is 12.6. The number of nitrogens with zero attached hydrogens (tertiary/aromatic N) is 1. The predicted octanol–water partition coefficient (Wildman–Crippen LogP) is 2.57. The summed E-state index contributed by atoms with van der Waals surface area (Å²) < 4.78 is 4.95. The molecule has 116 valence electrons. The number of ether oxygens (including phenoxy) is 1. The van der Waals surface area contributed by atoms with Crippen LogP contribution >= 0.6 is 0 Å². The van der Waals surface area contributed by atoms with Crippen molar-refractivity contribution in [2.24, 2.45) is 0 Å². The van der Waals surface area contributed by atoms with E-state index in [2.05, 4.69) is 20.5 Å². The molecule has 0 radical (unpaired) electrons. The SMILES string of the molecule is COCCNC(=O)c1ccc2nc3c(ccc4c[nH][nH]c43)c2c1. The molecule has 0 saturated carbocycles. The number of carbonyl (C=O) groups is 1. The summed E-state index contributed by atoms with van der Waals surface area (Å²) in [6.45, 7) is 0.989. The van der Waals surface area contributed by atoms with Gasteiger partial charge in [0, 0.05) is 41.6 Å². The third-order valence-electron chi connectivity index (χ3n) is 4.01. The van der Waals surface area contributed by atoms with Crippen molar-refractivity contribution >= 4 is 38.6 Å². The lowest BCUT2D eigenvalue weighted by atomic mass is 10.1. The van der Waals surface area contributed by atoms with E-state index in [-0.39, 0.29) is 5.91 Å². The smallest absolute Gasteiger partial charge is 0.251 e. The minimum absolute atomic E-state index is 0.104. The van der Waals surface area contributed by atoms with Gasteiger partial charge in [-0.15, -0.1) is 0 Å². The van der Waals surface area contributed by atoms with Gasteiger partial charge < -0.3 is 15.2 Å². The van der Waals surface area contributed by atoms with Crippen molar-refractivity contribution in [1.82, 2.24) is 20.5 Å². The van der Waals surface area contributed by atoms with Gasteiger partial charge in [0.25, 0.3) is 5.91 Å². The van der Waals surface area contributed by atoms with Gasteiger partial charge in [-0.1, -0.05) is 12.1 Å². The summed E-state index contributed by atoms with van der Waals surface area (Å²) in [6, 6.07) is 9.66. The monoisotopic (exact) mass is 308 g/mol. The lowest BCUT2D eigenvalue weighted by Gasteiger charge is -2.04. The molecular formula is C17H16N4O2. The first-order chi connectivity index (χ1) is 11.3. The van der Waals surface area contributed by atoms with Gasteiger partial charge in [-0.2, -0.15) is 0 Å². The molecule has 0 saturated heterocycles. The molecule has 0 aliphatic rings. The molecule has 6 heteroatoms. The van der Waals surface area contributed by atoms with Crippen molar-refractivity contribution in [3.63, 3.8) is 0 Å². The van der Waals surface area contributed by atoms with Crippen molar-refractivity contribution in [2.75, 3.05) is 20.3 Å². The van der Waals surface area contributed by atoms with Gasteiger partial charge in [0.15, 0.2) is 0 Å². The van der Waals surface area contributed by atoms with E-state index in [0.717, 1.165) is 32.7 Å². The van der Waals surface area contributed by atoms with Gasteiger partial charge in [0.2, 0.25) is 0 Å². The van der Waals surface area contributed by atoms with E-state index < -0.39 is 0 Å². The Morgan fingerprint density at radius 3 is 3.04 bits per heavy atom. The maximum atomic E-state index is 12.2. The lowest BCUT2D eigenvalue weighted by molar-refractivity contribution is 0.0937. The van der Waals surface area contributed by atoms with Crippen LogP contribution in [0.25, 0.3) is 32.7 Å². The Morgan fingerprint density at radius 2 is 2.17 bits per heavy atom. The Bertz CT molecular complexity index is 1020. The van der Waals surface area contributed by atoms with Crippen LogP contribution in [0.2, 0.25) is 0 Å². The summed E-state index contributed by atoms with van der Waals surface area (Å²) >= 11 is 0. The maximum Gasteiger partial charge on any atom is 0.251 e. The molecule has 0 bridgehead atoms. The molecule has 0 unspecified atom stereocenters. The number of amides is 1. The van der Waals surface area contributed by atoms with E-state index in [1.54, 1.807) is 13.2 Å². The Morgan fingerprint density at radius 1 is 1.26 bits per heavy atom. The molecular weight excluding hydrogens is 292 g/mol. The van der Waals surface area contributed by atoms with Gasteiger partial charge in [-0.25, -0.2) is 4.98 Å². The highest BCUT2D eigenvalue weighted by Crippen LogP contribution is 2.30. The fourth-order valence-corrected chi connectivity index (χ4v) is 2.86. The van der Waals surface area contributed by atoms with Crippen molar-refractivity contribution in [3.05, 3.63) is 42.1 Å². The standard InChI is InChI=1S/C17H16N4O2/c1-23-7-6-18-17(22)10-3-5-14-13(8-10)12-4-2-11-9-19-21-15(11)16(12)20-14/h2-5,8-9,19,21H,6-7H2,1H3,(H,18,22). The molecule has 0 fully saturated rings. The number of hydrogen-bond donors (Lipinski definition) is 3. The summed E-state index contributed by atoms with van der Waals surface area (Å²) in [6.07, 6.45) is 1.91. The average molecular weight is 308 g/mol. The summed E-state index contributed by atoms with van der Waals surface area (Å²) in [5.41, 5.74) is 3.40. The third kappa shape index (κ3) is 2.24. The second-order valence-electron chi connectivity index (χ2n) is 5.43. The number of fused-ring (bicyclic) bond motifs is 5. The molecule has 4 aromatic rings. The fraction of sp³-hybridized carbons (Fsp3) is 0.176. The second kappa shape index (κ2) is 5.40. The minimum Gasteiger partial charge on any atom is -0.383 e. The first-order valence-corrected chi connectivity index (χ1v) is 7.43. The van der Waals surface area contributed by atoms with Gasteiger partial charge in [-0.05, 0) is 18.2 Å². The van der Waals surface area contributed by atoms with Crippen LogP contribution in [0.4, 0.5) is 0 Å². The van der Waals surface area contributed by atoms with Crippen molar-refractivity contribution in [2.45, 2.75) is 0 Å². The Balaban J connectivity index is 1.81. The Labute approximate surface area is 131 Å². The summed E-state index contributed by atoms with van der Waals surface area (Å²) in [5.74, 6) is -0.104. The molecule has 23 heavy (non-hydrogen) atoms. The first-order valence-electron chi connectivity index (χ1n) is 7.43. The van der Waals surface area contributed by atoms with E-state index >= 15 is 0 Å². The molecule has 3 N–H and O–H groups in total. The van der Waals surface area contributed by atoms with Crippen LogP contribution in [0.3, 0.4) is 0 Å². The Kier molecular flexibility index (Phi) is 3.24. The Hall–Kier alpha value is -2.86. The number of aromatic amines is 2. The molecule has 6 nitrogen and oxygen atoms in total. The van der Waals surface area contributed by atoms with Gasteiger partial charge in [-0.3, -0.25) is 9.89 Å². The van der Waals surface area contributed by atoms with Crippen LogP contribution in [-0.2, 0) is 4.74 Å². The minimum atomic E-state index is -0.104. The number of H-pyrrole nitrogens is 2. The van der Waals surface area contributed by atoms with Crippen LogP contribution < -0.4 is 5.32 Å². The topological polar surface area (TPSA) is 82.8 Å². The van der Waals surface area contributed by atoms with Crippen LogP contribution in [-0.4, -0.2) is 41.3 Å². The number of rotatable bonds is 4. The number of benzene rings is 2. The molecule has 0 aliphatic carbocycles. The van der Waals surface area contributed by atoms with Crippen LogP contribution in [0.1, 0.15) is 10.4 Å². The van der Waals surface area contributed by atoms with E-state index in [9.17, 15) is 4.79 Å². The fourth-order valence-electron chi connectivity index (χ4n) is 2.86. The summed E-state index contributed by atoms with van der Waals surface area (Å²) in [7, 11) is 1.61. The largest absolute Gasteiger partial charge is 0.383 e. The predicted molar refractivity (Wildman–Crippen MR) is 89.7 cm³/mol. The quantitative estimate of drug-likeness (QED) is 0.507. The molecule has 2 aromatic carbocycles. The molecule has 0 spiro atoms. The summed E-state index contributed by atoms with van der Waals surface area (Å²) in [5, 5.41) is 12.0. The first kappa shape index (κ1) is 13.8. The van der Waals surface area contributed by atoms with Gasteiger partial charge in [0.05, 0.1) is 23.2 Å². The number of carbonyl (C=O) groups excluding carboxylic acids is 1. The molecule has 0 atom stereocenters. The van der Waals surface area contributed by atoms with Crippen LogP contribution in [0.5, 0.6) is 0 Å². The maximum absolute atomic E-state index is 12.2. The lowest BCUT2D eigenvalue weighted by Crippen LogP contribution is -2.26. The average Bonchev–Trinajstić information content (AvgIpc) is 3.18. The third-order valence-corrected chi connectivity index (χ3v) is 4.01. The molecule has 0 aliphatic heterocycles. The van der Waals surface area contributed by atoms with E-state index in [4.69, 9.17) is 4.74 Å². The highest BCUT2D eigenvalue weighted by molar-refractivity contribution is 6.16. The molecule has 2 heterocycles. The number of nitrogens with one attached hydrogen (secondary N) is 3. The van der Waals surface area contributed by atoms with E-state index in [1.807, 2.05) is 30.5 Å². The highest BCUT2D eigenvalue weighted by atomic mass is 16.5. The molecule has 4 rings (SSSR count). The van der Waals surface area contributed by atoms with E-state index in [1.165, 1.54) is 0 Å². The zero-order chi connectivity index (χ0) is 15.8.